The zero-order chi connectivity index (χ0) is 14.9. The maximum Gasteiger partial charge on any atom is 0.0366 e. The summed E-state index contributed by atoms with van der Waals surface area (Å²) in [5, 5.41) is 0. The number of hydrogen-bond acceptors (Lipinski definition) is 1. The molecule has 1 heteroatoms. The average Bonchev–Trinajstić information content (AvgIpc) is 2.96. The number of anilines is 1. The summed E-state index contributed by atoms with van der Waals surface area (Å²) in [4.78, 5) is 2.52. The van der Waals surface area contributed by atoms with E-state index in [1.54, 1.807) is 0 Å². The predicted molar refractivity (Wildman–Crippen MR) is 95.3 cm³/mol. The van der Waals surface area contributed by atoms with Crippen LogP contribution < -0.4 is 4.90 Å². The van der Waals surface area contributed by atoms with Crippen molar-refractivity contribution in [3.63, 3.8) is 0 Å². The summed E-state index contributed by atoms with van der Waals surface area (Å²) >= 11 is 0. The van der Waals surface area contributed by atoms with Crippen LogP contribution in [0.2, 0.25) is 0 Å². The number of rotatable bonds is 2. The highest BCUT2D eigenvalue weighted by atomic mass is 15.1. The van der Waals surface area contributed by atoms with Crippen molar-refractivity contribution in [1.82, 2.24) is 0 Å². The van der Waals surface area contributed by atoms with E-state index in [0.717, 1.165) is 6.42 Å². The minimum Gasteiger partial charge on any atom is -0.372 e. The third kappa shape index (κ3) is 2.45. The molecule has 0 atom stereocenters. The maximum absolute atomic E-state index is 2.52. The van der Waals surface area contributed by atoms with Gasteiger partial charge in [-0.1, -0.05) is 42.0 Å². The Balaban J connectivity index is 1.66. The molecule has 1 saturated heterocycles. The second kappa shape index (κ2) is 5.64. The van der Waals surface area contributed by atoms with E-state index in [0.29, 0.717) is 0 Å². The van der Waals surface area contributed by atoms with Gasteiger partial charge in [0, 0.05) is 18.8 Å². The van der Waals surface area contributed by atoms with Crippen molar-refractivity contribution in [2.45, 2.75) is 32.6 Å². The van der Waals surface area contributed by atoms with Crippen LogP contribution in [0.15, 0.2) is 48.0 Å². The van der Waals surface area contributed by atoms with E-state index in [1.807, 2.05) is 0 Å². The lowest BCUT2D eigenvalue weighted by Gasteiger charge is -2.29. The highest BCUT2D eigenvalue weighted by Crippen LogP contribution is 2.34. The first-order valence-electron chi connectivity index (χ1n) is 8.46. The molecular weight excluding hydrogens is 266 g/mol. The highest BCUT2D eigenvalue weighted by molar-refractivity contribution is 5.81. The van der Waals surface area contributed by atoms with E-state index >= 15 is 0 Å². The first-order chi connectivity index (χ1) is 10.8. The summed E-state index contributed by atoms with van der Waals surface area (Å²) in [6.07, 6.45) is 7.50. The highest BCUT2D eigenvalue weighted by Gasteiger charge is 2.15. The summed E-state index contributed by atoms with van der Waals surface area (Å²) in [5.74, 6) is 0. The van der Waals surface area contributed by atoms with Gasteiger partial charge in [0.2, 0.25) is 0 Å². The molecular formula is C21H23N. The van der Waals surface area contributed by atoms with Gasteiger partial charge in [0.05, 0.1) is 0 Å². The van der Waals surface area contributed by atoms with E-state index in [9.17, 15) is 0 Å². The Kier molecular flexibility index (Phi) is 3.49. The largest absolute Gasteiger partial charge is 0.372 e. The number of nitrogens with zero attached hydrogens (tertiary/aromatic N) is 1. The fourth-order valence-corrected chi connectivity index (χ4v) is 3.79. The summed E-state index contributed by atoms with van der Waals surface area (Å²) in [7, 11) is 0. The van der Waals surface area contributed by atoms with Gasteiger partial charge in [-0.15, -0.1) is 0 Å². The molecule has 0 radical (unpaired) electrons. The molecule has 0 bridgehead atoms. The molecule has 1 fully saturated rings. The van der Waals surface area contributed by atoms with E-state index in [4.69, 9.17) is 0 Å². The molecule has 2 aliphatic rings. The Morgan fingerprint density at radius 2 is 1.64 bits per heavy atom. The van der Waals surface area contributed by atoms with Gasteiger partial charge in [0.1, 0.15) is 0 Å². The molecule has 0 unspecified atom stereocenters. The molecule has 1 nitrogen and oxygen atoms in total. The van der Waals surface area contributed by atoms with Crippen molar-refractivity contribution in [3.05, 3.63) is 59.2 Å². The molecule has 0 N–H and O–H groups in total. The lowest BCUT2D eigenvalue weighted by atomic mass is 9.97. The molecule has 1 aliphatic carbocycles. The molecule has 0 saturated carbocycles. The van der Waals surface area contributed by atoms with Crippen LogP contribution >= 0.6 is 0 Å². The van der Waals surface area contributed by atoms with Gasteiger partial charge in [0.25, 0.3) is 0 Å². The normalized spacial score (nSPS) is 17.3. The van der Waals surface area contributed by atoms with Crippen LogP contribution in [0.1, 0.15) is 37.3 Å². The predicted octanol–water partition coefficient (Wildman–Crippen LogP) is 5.30. The molecule has 22 heavy (non-hydrogen) atoms. The van der Waals surface area contributed by atoms with Gasteiger partial charge >= 0.3 is 0 Å². The van der Waals surface area contributed by atoms with Gasteiger partial charge in [-0.3, -0.25) is 0 Å². The fourth-order valence-electron chi connectivity index (χ4n) is 3.79. The lowest BCUT2D eigenvalue weighted by Crippen LogP contribution is -2.29. The van der Waals surface area contributed by atoms with Crippen LogP contribution in [0.4, 0.5) is 5.69 Å². The summed E-state index contributed by atoms with van der Waals surface area (Å²) in [6.45, 7) is 4.65. The average molecular weight is 289 g/mol. The van der Waals surface area contributed by atoms with Crippen molar-refractivity contribution in [1.29, 1.82) is 0 Å². The number of fused-ring (bicyclic) bond motifs is 1. The summed E-state index contributed by atoms with van der Waals surface area (Å²) < 4.78 is 0. The first kappa shape index (κ1) is 13.6. The van der Waals surface area contributed by atoms with Crippen LogP contribution in [0.3, 0.4) is 0 Å². The van der Waals surface area contributed by atoms with Crippen LogP contribution in [-0.2, 0) is 6.42 Å². The molecule has 0 aromatic heterocycles. The Morgan fingerprint density at radius 1 is 0.864 bits per heavy atom. The summed E-state index contributed by atoms with van der Waals surface area (Å²) in [6, 6.07) is 15.9. The van der Waals surface area contributed by atoms with Gasteiger partial charge in [-0.2, -0.15) is 0 Å². The SMILES string of the molecule is CC1=Cc2c(cccc2-c2ccc(N3CCCCC3)cc2)C1. The Morgan fingerprint density at radius 3 is 2.41 bits per heavy atom. The maximum atomic E-state index is 2.52. The fraction of sp³-hybridized carbons (Fsp3) is 0.333. The number of benzene rings is 2. The van der Waals surface area contributed by atoms with Gasteiger partial charge in [-0.25, -0.2) is 0 Å². The third-order valence-electron chi connectivity index (χ3n) is 4.96. The van der Waals surface area contributed by atoms with Crippen molar-refractivity contribution in [2.24, 2.45) is 0 Å². The monoisotopic (exact) mass is 289 g/mol. The van der Waals surface area contributed by atoms with Crippen molar-refractivity contribution in [3.8, 4) is 11.1 Å². The van der Waals surface area contributed by atoms with Crippen LogP contribution in [0, 0.1) is 0 Å². The molecule has 2 aromatic carbocycles. The van der Waals surface area contributed by atoms with E-state index in [2.05, 4.69) is 60.4 Å². The van der Waals surface area contributed by atoms with Gasteiger partial charge < -0.3 is 4.90 Å². The molecule has 0 spiro atoms. The Bertz CT molecular complexity index is 703. The topological polar surface area (TPSA) is 3.24 Å². The lowest BCUT2D eigenvalue weighted by molar-refractivity contribution is 0.578. The van der Waals surface area contributed by atoms with Crippen molar-refractivity contribution >= 4 is 11.8 Å². The second-order valence-electron chi connectivity index (χ2n) is 6.64. The Labute approximate surface area is 133 Å². The quantitative estimate of drug-likeness (QED) is 0.725. The molecule has 1 heterocycles. The number of hydrogen-bond donors (Lipinski definition) is 0. The minimum absolute atomic E-state index is 1.11. The zero-order valence-electron chi connectivity index (χ0n) is 13.3. The Hall–Kier alpha value is -2.02. The smallest absolute Gasteiger partial charge is 0.0366 e. The zero-order valence-corrected chi connectivity index (χ0v) is 13.3. The molecule has 4 rings (SSSR count). The van der Waals surface area contributed by atoms with Crippen molar-refractivity contribution in [2.75, 3.05) is 18.0 Å². The molecule has 1 aliphatic heterocycles. The van der Waals surface area contributed by atoms with E-state index in [1.165, 1.54) is 65.9 Å². The van der Waals surface area contributed by atoms with Gasteiger partial charge in [-0.05, 0) is 67.0 Å². The molecule has 0 amide bonds. The van der Waals surface area contributed by atoms with E-state index < -0.39 is 0 Å². The van der Waals surface area contributed by atoms with Crippen LogP contribution in [0.5, 0.6) is 0 Å². The van der Waals surface area contributed by atoms with Crippen molar-refractivity contribution < 1.29 is 0 Å². The molecule has 112 valence electrons. The summed E-state index contributed by atoms with van der Waals surface area (Å²) in [5.41, 5.74) is 8.44. The second-order valence-corrected chi connectivity index (χ2v) is 6.64. The van der Waals surface area contributed by atoms with Gasteiger partial charge in [0.15, 0.2) is 0 Å². The standard InChI is InChI=1S/C21H23N/c1-16-14-18-6-5-7-20(21(18)15-16)17-8-10-19(11-9-17)22-12-3-2-4-13-22/h5-11,15H,2-4,12-14H2,1H3. The van der Waals surface area contributed by atoms with Crippen LogP contribution in [0.25, 0.3) is 17.2 Å². The number of allylic oxidation sites excluding steroid dienone is 1. The minimum atomic E-state index is 1.11. The van der Waals surface area contributed by atoms with Crippen LogP contribution in [-0.4, -0.2) is 13.1 Å². The third-order valence-corrected chi connectivity index (χ3v) is 4.96. The molecule has 2 aromatic rings. The van der Waals surface area contributed by atoms with E-state index in [-0.39, 0.29) is 0 Å². The number of piperidine rings is 1. The first-order valence-corrected chi connectivity index (χ1v) is 8.46.